The molecule has 3 nitrogen and oxygen atoms in total. The van der Waals surface area contributed by atoms with Crippen LogP contribution in [0.3, 0.4) is 0 Å². The highest BCUT2D eigenvalue weighted by molar-refractivity contribution is 5.87. The van der Waals surface area contributed by atoms with Gasteiger partial charge < -0.3 is 14.8 Å². The molecule has 1 aromatic heterocycles. The number of furan rings is 1. The lowest BCUT2D eigenvalue weighted by Crippen LogP contribution is -2.08. The van der Waals surface area contributed by atoms with E-state index in [-0.39, 0.29) is 0 Å². The number of phenolic OH excluding ortho intramolecular Hbond substituents is 1. The van der Waals surface area contributed by atoms with Crippen molar-refractivity contribution in [2.45, 2.75) is 12.8 Å². The molecule has 15 heavy (non-hydrogen) atoms. The Morgan fingerprint density at radius 3 is 3.07 bits per heavy atom. The van der Waals surface area contributed by atoms with Gasteiger partial charge in [0.05, 0.1) is 11.6 Å². The molecule has 80 valence electrons. The third kappa shape index (κ3) is 1.97. The third-order valence-corrected chi connectivity index (χ3v) is 2.53. The van der Waals surface area contributed by atoms with Crippen LogP contribution in [0, 0.1) is 0 Å². The molecule has 0 spiro atoms. The smallest absolute Gasteiger partial charge is 0.137 e. The van der Waals surface area contributed by atoms with Crippen molar-refractivity contribution in [3.05, 3.63) is 30.0 Å². The molecule has 1 heterocycles. The van der Waals surface area contributed by atoms with E-state index in [4.69, 9.17) is 4.42 Å². The van der Waals surface area contributed by atoms with Gasteiger partial charge in [-0.1, -0.05) is 6.07 Å². The zero-order chi connectivity index (χ0) is 10.7. The summed E-state index contributed by atoms with van der Waals surface area (Å²) in [6.45, 7) is 0.972. The number of hydrogen-bond donors (Lipinski definition) is 2. The van der Waals surface area contributed by atoms with Gasteiger partial charge in [0.15, 0.2) is 0 Å². The molecule has 2 aromatic rings. The van der Waals surface area contributed by atoms with Gasteiger partial charge in [0.1, 0.15) is 11.3 Å². The quantitative estimate of drug-likeness (QED) is 0.753. The lowest BCUT2D eigenvalue weighted by Gasteiger charge is -1.99. The number of benzene rings is 1. The van der Waals surface area contributed by atoms with Gasteiger partial charge in [-0.2, -0.15) is 0 Å². The summed E-state index contributed by atoms with van der Waals surface area (Å²) >= 11 is 0. The lowest BCUT2D eigenvalue weighted by atomic mass is 10.1. The molecule has 0 amide bonds. The molecular formula is C12H15NO2. The van der Waals surface area contributed by atoms with Gasteiger partial charge in [-0.05, 0) is 38.6 Å². The van der Waals surface area contributed by atoms with E-state index in [9.17, 15) is 5.11 Å². The zero-order valence-corrected chi connectivity index (χ0v) is 8.79. The van der Waals surface area contributed by atoms with Gasteiger partial charge >= 0.3 is 0 Å². The van der Waals surface area contributed by atoms with E-state index < -0.39 is 0 Å². The summed E-state index contributed by atoms with van der Waals surface area (Å²) in [7, 11) is 1.94. The second kappa shape index (κ2) is 4.36. The van der Waals surface area contributed by atoms with Gasteiger partial charge in [0.25, 0.3) is 0 Å². The summed E-state index contributed by atoms with van der Waals surface area (Å²) in [5.74, 6) is 0.306. The summed E-state index contributed by atoms with van der Waals surface area (Å²) in [5.41, 5.74) is 1.84. The molecular weight excluding hydrogens is 190 g/mol. The van der Waals surface area contributed by atoms with Crippen molar-refractivity contribution in [1.29, 1.82) is 0 Å². The van der Waals surface area contributed by atoms with Crippen LogP contribution < -0.4 is 5.32 Å². The minimum atomic E-state index is 0.306. The first kappa shape index (κ1) is 10.1. The SMILES string of the molecule is CNCCCc1coc2cccc(O)c12. The minimum Gasteiger partial charge on any atom is -0.507 e. The number of hydrogen-bond acceptors (Lipinski definition) is 3. The number of rotatable bonds is 4. The van der Waals surface area contributed by atoms with Crippen LogP contribution in [0.25, 0.3) is 11.0 Å². The van der Waals surface area contributed by atoms with Gasteiger partial charge in [-0.15, -0.1) is 0 Å². The van der Waals surface area contributed by atoms with Crippen molar-refractivity contribution in [3.63, 3.8) is 0 Å². The van der Waals surface area contributed by atoms with Crippen molar-refractivity contribution < 1.29 is 9.52 Å². The van der Waals surface area contributed by atoms with Crippen LogP contribution >= 0.6 is 0 Å². The molecule has 3 heteroatoms. The van der Waals surface area contributed by atoms with Gasteiger partial charge in [-0.3, -0.25) is 0 Å². The molecule has 0 aliphatic rings. The average molecular weight is 205 g/mol. The van der Waals surface area contributed by atoms with Crippen LogP contribution in [0.2, 0.25) is 0 Å². The van der Waals surface area contributed by atoms with Crippen LogP contribution in [0.15, 0.2) is 28.9 Å². The van der Waals surface area contributed by atoms with Gasteiger partial charge in [-0.25, -0.2) is 0 Å². The Morgan fingerprint density at radius 2 is 2.27 bits per heavy atom. The minimum absolute atomic E-state index is 0.306. The van der Waals surface area contributed by atoms with Crippen molar-refractivity contribution in [3.8, 4) is 5.75 Å². The first-order chi connectivity index (χ1) is 7.33. The summed E-state index contributed by atoms with van der Waals surface area (Å²) in [6, 6.07) is 5.36. The average Bonchev–Trinajstić information content (AvgIpc) is 2.63. The summed E-state index contributed by atoms with van der Waals surface area (Å²) in [5, 5.41) is 13.7. The largest absolute Gasteiger partial charge is 0.507 e. The second-order valence-electron chi connectivity index (χ2n) is 3.62. The first-order valence-corrected chi connectivity index (χ1v) is 5.15. The normalized spacial score (nSPS) is 11.0. The molecule has 0 aliphatic carbocycles. The van der Waals surface area contributed by atoms with Crippen molar-refractivity contribution in [1.82, 2.24) is 5.32 Å². The number of phenols is 1. The Balaban J connectivity index is 2.27. The maximum Gasteiger partial charge on any atom is 0.137 e. The van der Waals surface area contributed by atoms with Crippen molar-refractivity contribution in [2.24, 2.45) is 0 Å². The number of nitrogens with one attached hydrogen (secondary N) is 1. The maximum atomic E-state index is 9.72. The van der Waals surface area contributed by atoms with Crippen LogP contribution in [0.1, 0.15) is 12.0 Å². The number of fused-ring (bicyclic) bond motifs is 1. The Kier molecular flexibility index (Phi) is 2.92. The molecule has 0 saturated carbocycles. The van der Waals surface area contributed by atoms with E-state index in [2.05, 4.69) is 5.32 Å². The number of aryl methyl sites for hydroxylation is 1. The maximum absolute atomic E-state index is 9.72. The molecule has 0 atom stereocenters. The molecule has 0 bridgehead atoms. The second-order valence-corrected chi connectivity index (χ2v) is 3.62. The molecule has 0 fully saturated rings. The molecule has 0 saturated heterocycles. The van der Waals surface area contributed by atoms with E-state index in [1.54, 1.807) is 18.4 Å². The number of aromatic hydroxyl groups is 1. The third-order valence-electron chi connectivity index (χ3n) is 2.53. The molecule has 2 N–H and O–H groups in total. The molecule has 1 aromatic carbocycles. The van der Waals surface area contributed by atoms with E-state index in [0.717, 1.165) is 35.9 Å². The Hall–Kier alpha value is -1.48. The predicted octanol–water partition coefficient (Wildman–Crippen LogP) is 2.29. The van der Waals surface area contributed by atoms with Gasteiger partial charge in [0.2, 0.25) is 0 Å². The highest BCUT2D eigenvalue weighted by Gasteiger charge is 2.08. The standard InChI is InChI=1S/C12H15NO2/c1-13-7-3-4-9-8-15-11-6-2-5-10(14)12(9)11/h2,5-6,8,13-14H,3-4,7H2,1H3. The fourth-order valence-corrected chi connectivity index (χ4v) is 1.77. The van der Waals surface area contributed by atoms with Crippen LogP contribution in [-0.2, 0) is 6.42 Å². The van der Waals surface area contributed by atoms with Crippen molar-refractivity contribution in [2.75, 3.05) is 13.6 Å². The zero-order valence-electron chi connectivity index (χ0n) is 8.79. The van der Waals surface area contributed by atoms with Gasteiger partial charge in [0, 0.05) is 5.56 Å². The van der Waals surface area contributed by atoms with E-state index >= 15 is 0 Å². The molecule has 2 rings (SSSR count). The summed E-state index contributed by atoms with van der Waals surface area (Å²) < 4.78 is 5.38. The molecule has 0 aliphatic heterocycles. The Morgan fingerprint density at radius 1 is 1.40 bits per heavy atom. The van der Waals surface area contributed by atoms with Crippen LogP contribution in [0.4, 0.5) is 0 Å². The monoisotopic (exact) mass is 205 g/mol. The summed E-state index contributed by atoms with van der Waals surface area (Å²) in [4.78, 5) is 0. The van der Waals surface area contributed by atoms with Crippen LogP contribution in [0.5, 0.6) is 5.75 Å². The fraction of sp³-hybridized carbons (Fsp3) is 0.333. The Bertz CT molecular complexity index is 448. The molecule has 0 radical (unpaired) electrons. The van der Waals surface area contributed by atoms with E-state index in [1.807, 2.05) is 13.1 Å². The molecule has 0 unspecified atom stereocenters. The summed E-state index contributed by atoms with van der Waals surface area (Å²) in [6.07, 6.45) is 3.70. The van der Waals surface area contributed by atoms with E-state index in [0.29, 0.717) is 5.75 Å². The lowest BCUT2D eigenvalue weighted by molar-refractivity contribution is 0.481. The highest BCUT2D eigenvalue weighted by Crippen LogP contribution is 2.30. The topological polar surface area (TPSA) is 45.4 Å². The van der Waals surface area contributed by atoms with Crippen LogP contribution in [-0.4, -0.2) is 18.7 Å². The predicted molar refractivity (Wildman–Crippen MR) is 60.1 cm³/mol. The highest BCUT2D eigenvalue weighted by atomic mass is 16.3. The Labute approximate surface area is 88.7 Å². The van der Waals surface area contributed by atoms with E-state index in [1.165, 1.54) is 0 Å². The first-order valence-electron chi connectivity index (χ1n) is 5.15. The fourth-order valence-electron chi connectivity index (χ4n) is 1.77. The van der Waals surface area contributed by atoms with Crippen molar-refractivity contribution >= 4 is 11.0 Å².